The summed E-state index contributed by atoms with van der Waals surface area (Å²) in [6, 6.07) is 1.10. The van der Waals surface area contributed by atoms with E-state index in [1.165, 1.54) is 17.0 Å². The molecule has 5 nitrogen and oxygen atoms in total. The molecule has 2 rings (SSSR count). The number of rotatable bonds is 3. The number of hydrogen-bond donors (Lipinski definition) is 1. The summed E-state index contributed by atoms with van der Waals surface area (Å²) in [5.41, 5.74) is 0.0247. The highest BCUT2D eigenvalue weighted by molar-refractivity contribution is 6.36. The number of aliphatic hydroxyl groups excluding tert-OH is 1. The molecular weight excluding hydrogens is 289 g/mol. The van der Waals surface area contributed by atoms with Crippen molar-refractivity contribution in [3.05, 3.63) is 33.1 Å². The van der Waals surface area contributed by atoms with Crippen LogP contribution in [0.1, 0.15) is 19.9 Å². The molecule has 1 N–H and O–H groups in total. The van der Waals surface area contributed by atoms with Gasteiger partial charge in [0, 0.05) is 0 Å². The van der Waals surface area contributed by atoms with Gasteiger partial charge in [-0.15, -0.1) is 0 Å². The zero-order valence-electron chi connectivity index (χ0n) is 10.5. The number of aromatic nitrogens is 3. The van der Waals surface area contributed by atoms with E-state index in [0.717, 1.165) is 0 Å². The quantitative estimate of drug-likeness (QED) is 0.883. The van der Waals surface area contributed by atoms with E-state index in [9.17, 15) is 9.90 Å². The Morgan fingerprint density at radius 3 is 2.68 bits per heavy atom. The predicted octanol–water partition coefficient (Wildman–Crippen LogP) is 2.29. The minimum absolute atomic E-state index is 0.0923. The molecule has 0 aromatic carbocycles. The normalized spacial score (nSPS) is 13.2. The molecule has 0 amide bonds. The second kappa shape index (κ2) is 5.45. The van der Waals surface area contributed by atoms with Gasteiger partial charge in [0.05, 0.1) is 24.4 Å². The maximum absolute atomic E-state index is 12.4. The molecule has 7 heteroatoms. The smallest absolute Gasteiger partial charge is 0.261 e. The Balaban J connectivity index is 2.73. The summed E-state index contributed by atoms with van der Waals surface area (Å²) in [6.45, 7) is 3.70. The van der Waals surface area contributed by atoms with E-state index in [-0.39, 0.29) is 34.4 Å². The lowest BCUT2D eigenvalue weighted by molar-refractivity contribution is 0.189. The van der Waals surface area contributed by atoms with Crippen LogP contribution in [-0.4, -0.2) is 26.2 Å². The molecule has 2 aromatic rings. The summed E-state index contributed by atoms with van der Waals surface area (Å²) in [7, 11) is 0. The van der Waals surface area contributed by atoms with E-state index in [0.29, 0.717) is 10.9 Å². The molecular formula is C12H13Cl2N3O2. The summed E-state index contributed by atoms with van der Waals surface area (Å²) in [5.74, 6) is 0.0923. The van der Waals surface area contributed by atoms with E-state index in [1.807, 2.05) is 13.8 Å². The van der Waals surface area contributed by atoms with Gasteiger partial charge in [-0.2, -0.15) is 0 Å². The van der Waals surface area contributed by atoms with Gasteiger partial charge in [-0.05, 0) is 12.0 Å². The van der Waals surface area contributed by atoms with Gasteiger partial charge >= 0.3 is 0 Å². The Labute approximate surface area is 119 Å². The molecule has 0 aliphatic heterocycles. The van der Waals surface area contributed by atoms with Gasteiger partial charge in [-0.1, -0.05) is 37.0 Å². The fourth-order valence-corrected chi connectivity index (χ4v) is 2.41. The van der Waals surface area contributed by atoms with E-state index in [2.05, 4.69) is 9.97 Å². The molecule has 0 fully saturated rings. The zero-order valence-corrected chi connectivity index (χ0v) is 12.0. The molecule has 0 aliphatic rings. The highest BCUT2D eigenvalue weighted by Crippen LogP contribution is 2.22. The van der Waals surface area contributed by atoms with E-state index in [1.54, 1.807) is 0 Å². The van der Waals surface area contributed by atoms with Gasteiger partial charge < -0.3 is 5.11 Å². The van der Waals surface area contributed by atoms with Crippen molar-refractivity contribution in [2.24, 2.45) is 5.92 Å². The van der Waals surface area contributed by atoms with Crippen molar-refractivity contribution >= 4 is 34.1 Å². The molecule has 0 aliphatic carbocycles. The Kier molecular flexibility index (Phi) is 4.08. The Morgan fingerprint density at radius 2 is 2.11 bits per heavy atom. The summed E-state index contributed by atoms with van der Waals surface area (Å²) in [6.07, 6.45) is 1.38. The van der Waals surface area contributed by atoms with Crippen molar-refractivity contribution in [1.82, 2.24) is 14.5 Å². The van der Waals surface area contributed by atoms with Crippen LogP contribution in [0.2, 0.25) is 10.3 Å². The van der Waals surface area contributed by atoms with Gasteiger partial charge in [-0.25, -0.2) is 9.97 Å². The van der Waals surface area contributed by atoms with Crippen LogP contribution in [-0.2, 0) is 0 Å². The average Bonchev–Trinajstić information content (AvgIpc) is 2.33. The van der Waals surface area contributed by atoms with Crippen LogP contribution < -0.4 is 5.56 Å². The maximum atomic E-state index is 12.4. The predicted molar refractivity (Wildman–Crippen MR) is 74.8 cm³/mol. The molecule has 1 unspecified atom stereocenters. The van der Waals surface area contributed by atoms with Crippen molar-refractivity contribution in [3.8, 4) is 0 Å². The van der Waals surface area contributed by atoms with E-state index < -0.39 is 0 Å². The molecule has 0 bridgehead atoms. The highest BCUT2D eigenvalue weighted by Gasteiger charge is 2.18. The van der Waals surface area contributed by atoms with Gasteiger partial charge in [0.2, 0.25) is 0 Å². The number of halogens is 2. The van der Waals surface area contributed by atoms with Crippen LogP contribution in [0.5, 0.6) is 0 Å². The van der Waals surface area contributed by atoms with Crippen molar-refractivity contribution < 1.29 is 5.11 Å². The highest BCUT2D eigenvalue weighted by atomic mass is 35.5. The summed E-state index contributed by atoms with van der Waals surface area (Å²) in [4.78, 5) is 20.4. The summed E-state index contributed by atoms with van der Waals surface area (Å²) >= 11 is 11.7. The Hall–Kier alpha value is -1.17. The third-order valence-electron chi connectivity index (χ3n) is 3.01. The Morgan fingerprint density at radius 1 is 1.42 bits per heavy atom. The van der Waals surface area contributed by atoms with Crippen LogP contribution in [0.25, 0.3) is 10.9 Å². The molecule has 1 atom stereocenters. The van der Waals surface area contributed by atoms with Gasteiger partial charge in [0.1, 0.15) is 10.7 Å². The molecule has 0 saturated heterocycles. The maximum Gasteiger partial charge on any atom is 0.261 e. The topological polar surface area (TPSA) is 68.0 Å². The monoisotopic (exact) mass is 301 g/mol. The molecule has 0 saturated carbocycles. The zero-order chi connectivity index (χ0) is 14.2. The molecule has 0 radical (unpaired) electrons. The third-order valence-corrected chi connectivity index (χ3v) is 3.47. The molecule has 102 valence electrons. The van der Waals surface area contributed by atoms with Gasteiger partial charge in [0.15, 0.2) is 5.15 Å². The molecule has 2 heterocycles. The number of aliphatic hydroxyl groups is 1. The number of hydrogen-bond acceptors (Lipinski definition) is 4. The summed E-state index contributed by atoms with van der Waals surface area (Å²) < 4.78 is 1.40. The first-order valence-electron chi connectivity index (χ1n) is 5.79. The first kappa shape index (κ1) is 14.2. The minimum atomic E-state index is -0.338. The van der Waals surface area contributed by atoms with Crippen molar-refractivity contribution in [1.29, 1.82) is 0 Å². The fourth-order valence-electron chi connectivity index (χ4n) is 1.93. The van der Waals surface area contributed by atoms with Crippen molar-refractivity contribution in [3.63, 3.8) is 0 Å². The van der Waals surface area contributed by atoms with E-state index >= 15 is 0 Å². The molecule has 19 heavy (non-hydrogen) atoms. The van der Waals surface area contributed by atoms with Crippen LogP contribution in [0.4, 0.5) is 0 Å². The second-order valence-corrected chi connectivity index (χ2v) is 5.33. The lowest BCUT2D eigenvalue weighted by Crippen LogP contribution is -2.30. The second-order valence-electron chi connectivity index (χ2n) is 4.58. The van der Waals surface area contributed by atoms with Crippen molar-refractivity contribution in [2.75, 3.05) is 6.61 Å². The molecule has 0 spiro atoms. The lowest BCUT2D eigenvalue weighted by atomic mass is 10.1. The van der Waals surface area contributed by atoms with Crippen LogP contribution >= 0.6 is 23.2 Å². The van der Waals surface area contributed by atoms with E-state index in [4.69, 9.17) is 23.2 Å². The number of pyridine rings is 1. The standard InChI is InChI=1S/C12H13Cl2N3O2/c1-6(2)8(4-18)17-5-15-10-7(12(17)19)3-9(13)16-11(10)14/h3,5-6,8,18H,4H2,1-2H3. The van der Waals surface area contributed by atoms with Crippen LogP contribution in [0, 0.1) is 5.92 Å². The van der Waals surface area contributed by atoms with Crippen LogP contribution in [0.3, 0.4) is 0 Å². The van der Waals surface area contributed by atoms with Gasteiger partial charge in [0.25, 0.3) is 5.56 Å². The molecule has 2 aromatic heterocycles. The lowest BCUT2D eigenvalue weighted by Gasteiger charge is -2.21. The minimum Gasteiger partial charge on any atom is -0.394 e. The SMILES string of the molecule is CC(C)C(CO)n1cnc2c(Cl)nc(Cl)cc2c1=O. The number of nitrogens with zero attached hydrogens (tertiary/aromatic N) is 3. The largest absolute Gasteiger partial charge is 0.394 e. The Bertz CT molecular complexity index is 670. The fraction of sp³-hybridized carbons (Fsp3) is 0.417. The van der Waals surface area contributed by atoms with Crippen LogP contribution in [0.15, 0.2) is 17.2 Å². The van der Waals surface area contributed by atoms with Crippen molar-refractivity contribution in [2.45, 2.75) is 19.9 Å². The first-order chi connectivity index (χ1) is 8.95. The average molecular weight is 302 g/mol. The number of fused-ring (bicyclic) bond motifs is 1. The van der Waals surface area contributed by atoms with Gasteiger partial charge in [-0.3, -0.25) is 9.36 Å². The third kappa shape index (κ3) is 2.59. The first-order valence-corrected chi connectivity index (χ1v) is 6.55. The summed E-state index contributed by atoms with van der Waals surface area (Å²) in [5, 5.41) is 9.93.